The maximum absolute atomic E-state index is 13.0. The summed E-state index contributed by atoms with van der Waals surface area (Å²) in [4.78, 5) is 15.0. The first-order valence-corrected chi connectivity index (χ1v) is 8.80. The highest BCUT2D eigenvalue weighted by Crippen LogP contribution is 2.24. The fourth-order valence-electron chi connectivity index (χ4n) is 3.75. The lowest BCUT2D eigenvalue weighted by Gasteiger charge is -2.32. The summed E-state index contributed by atoms with van der Waals surface area (Å²) in [6, 6.07) is 12.3. The number of hydrogen-bond donors (Lipinski definition) is 1. The number of likely N-dealkylation sites (tertiary alicyclic amines) is 1. The molecule has 3 rings (SSSR count). The normalized spacial score (nSPS) is 15.1. The molecule has 1 amide bonds. The Kier molecular flexibility index (Phi) is 6.68. The van der Waals surface area contributed by atoms with Crippen molar-refractivity contribution in [3.8, 4) is 5.69 Å². The van der Waals surface area contributed by atoms with Crippen molar-refractivity contribution in [3.05, 3.63) is 53.3 Å². The van der Waals surface area contributed by atoms with E-state index in [9.17, 15) is 4.79 Å². The molecule has 2 heterocycles. The minimum atomic E-state index is 0. The third-order valence-electron chi connectivity index (χ3n) is 5.07. The largest absolute Gasteiger partial charge is 0.339 e. The van der Waals surface area contributed by atoms with Crippen molar-refractivity contribution in [1.82, 2.24) is 14.8 Å². The summed E-state index contributed by atoms with van der Waals surface area (Å²) < 4.78 is 2.17. The first kappa shape index (κ1) is 19.5. The van der Waals surface area contributed by atoms with Gasteiger partial charge in [-0.2, -0.15) is 0 Å². The summed E-state index contributed by atoms with van der Waals surface area (Å²) in [7, 11) is 2.00. The van der Waals surface area contributed by atoms with Crippen LogP contribution in [0.15, 0.2) is 36.4 Å². The predicted octanol–water partition coefficient (Wildman–Crippen LogP) is 3.59. The number of rotatable bonds is 4. The highest BCUT2D eigenvalue weighted by atomic mass is 35.5. The van der Waals surface area contributed by atoms with E-state index in [4.69, 9.17) is 0 Å². The number of para-hydroxylation sites is 1. The van der Waals surface area contributed by atoms with E-state index in [1.165, 1.54) is 0 Å². The molecule has 0 spiro atoms. The van der Waals surface area contributed by atoms with Gasteiger partial charge in [-0.25, -0.2) is 0 Å². The van der Waals surface area contributed by atoms with Crippen molar-refractivity contribution in [2.45, 2.75) is 26.7 Å². The van der Waals surface area contributed by atoms with Crippen LogP contribution in [0.2, 0.25) is 0 Å². The van der Waals surface area contributed by atoms with Gasteiger partial charge in [0.25, 0.3) is 5.91 Å². The van der Waals surface area contributed by atoms with E-state index in [-0.39, 0.29) is 18.3 Å². The van der Waals surface area contributed by atoms with Crippen LogP contribution in [0.25, 0.3) is 5.69 Å². The van der Waals surface area contributed by atoms with Gasteiger partial charge in [-0.3, -0.25) is 4.79 Å². The zero-order valence-electron chi connectivity index (χ0n) is 15.3. The standard InChI is InChI=1S/C20H27N3O.ClH/c1-15-13-19(16(2)23(15)18-7-5-4-6-8-18)20(24)22-11-9-17(10-12-22)14-21-3;/h4-8,13,17,21H,9-12,14H2,1-3H3;1H. The van der Waals surface area contributed by atoms with E-state index >= 15 is 0 Å². The van der Waals surface area contributed by atoms with Crippen LogP contribution in [0.4, 0.5) is 0 Å². The van der Waals surface area contributed by atoms with E-state index in [0.29, 0.717) is 5.92 Å². The third-order valence-corrected chi connectivity index (χ3v) is 5.07. The van der Waals surface area contributed by atoms with Crippen LogP contribution < -0.4 is 5.32 Å². The van der Waals surface area contributed by atoms with Crippen LogP contribution in [0, 0.1) is 19.8 Å². The predicted molar refractivity (Wildman–Crippen MR) is 105 cm³/mol. The van der Waals surface area contributed by atoms with E-state index in [2.05, 4.69) is 28.9 Å². The number of aryl methyl sites for hydroxylation is 1. The number of benzene rings is 1. The second-order valence-electron chi connectivity index (χ2n) is 6.75. The molecular formula is C20H28ClN3O. The van der Waals surface area contributed by atoms with E-state index < -0.39 is 0 Å². The summed E-state index contributed by atoms with van der Waals surface area (Å²) in [6.07, 6.45) is 2.17. The molecule has 1 aliphatic rings. The fourth-order valence-corrected chi connectivity index (χ4v) is 3.75. The number of piperidine rings is 1. The molecule has 1 aromatic heterocycles. The lowest BCUT2D eigenvalue weighted by Crippen LogP contribution is -2.40. The molecule has 0 radical (unpaired) electrons. The first-order chi connectivity index (χ1) is 11.6. The maximum atomic E-state index is 13.0. The van der Waals surface area contributed by atoms with Gasteiger partial charge < -0.3 is 14.8 Å². The van der Waals surface area contributed by atoms with Gasteiger partial charge in [0.15, 0.2) is 0 Å². The van der Waals surface area contributed by atoms with Crippen molar-refractivity contribution in [2.24, 2.45) is 5.92 Å². The van der Waals surface area contributed by atoms with Crippen LogP contribution in [0.1, 0.15) is 34.6 Å². The topological polar surface area (TPSA) is 37.3 Å². The van der Waals surface area contributed by atoms with Gasteiger partial charge in [0, 0.05) is 30.2 Å². The van der Waals surface area contributed by atoms with Crippen molar-refractivity contribution in [1.29, 1.82) is 0 Å². The Bertz CT molecular complexity index is 703. The van der Waals surface area contributed by atoms with E-state index in [0.717, 1.165) is 55.1 Å². The molecule has 5 heteroatoms. The summed E-state index contributed by atoms with van der Waals surface area (Å²) >= 11 is 0. The molecule has 2 aromatic rings. The second kappa shape index (κ2) is 8.54. The molecule has 1 saturated heterocycles. The van der Waals surface area contributed by atoms with Gasteiger partial charge in [0.2, 0.25) is 0 Å². The van der Waals surface area contributed by atoms with Gasteiger partial charge in [0.1, 0.15) is 0 Å². The van der Waals surface area contributed by atoms with Gasteiger partial charge in [-0.15, -0.1) is 12.4 Å². The molecule has 1 aromatic carbocycles. The molecule has 1 aliphatic heterocycles. The lowest BCUT2D eigenvalue weighted by atomic mass is 9.96. The molecule has 0 unspecified atom stereocenters. The number of amides is 1. The zero-order chi connectivity index (χ0) is 17.1. The van der Waals surface area contributed by atoms with E-state index in [1.807, 2.05) is 43.1 Å². The average Bonchev–Trinajstić information content (AvgIpc) is 2.90. The van der Waals surface area contributed by atoms with Gasteiger partial charge >= 0.3 is 0 Å². The maximum Gasteiger partial charge on any atom is 0.255 e. The smallest absolute Gasteiger partial charge is 0.255 e. The Balaban J connectivity index is 0.00000225. The summed E-state index contributed by atoms with van der Waals surface area (Å²) in [6.45, 7) is 6.88. The van der Waals surface area contributed by atoms with Gasteiger partial charge in [-0.1, -0.05) is 18.2 Å². The molecule has 0 saturated carbocycles. The number of nitrogens with one attached hydrogen (secondary N) is 1. The average molecular weight is 362 g/mol. The highest BCUT2D eigenvalue weighted by Gasteiger charge is 2.26. The molecule has 1 fully saturated rings. The number of carbonyl (C=O) groups excluding carboxylic acids is 1. The number of nitrogens with zero attached hydrogens (tertiary/aromatic N) is 2. The lowest BCUT2D eigenvalue weighted by molar-refractivity contribution is 0.0690. The number of hydrogen-bond acceptors (Lipinski definition) is 2. The minimum Gasteiger partial charge on any atom is -0.339 e. The summed E-state index contributed by atoms with van der Waals surface area (Å²) in [5.74, 6) is 0.865. The van der Waals surface area contributed by atoms with Gasteiger partial charge in [0.05, 0.1) is 5.56 Å². The highest BCUT2D eigenvalue weighted by molar-refractivity contribution is 5.96. The van der Waals surface area contributed by atoms with Crippen molar-refractivity contribution >= 4 is 18.3 Å². The molecule has 0 aliphatic carbocycles. The monoisotopic (exact) mass is 361 g/mol. The third kappa shape index (κ3) is 4.07. The Morgan fingerprint density at radius 2 is 1.80 bits per heavy atom. The van der Waals surface area contributed by atoms with Crippen molar-refractivity contribution < 1.29 is 4.79 Å². The summed E-state index contributed by atoms with van der Waals surface area (Å²) in [5, 5.41) is 3.24. The molecule has 0 bridgehead atoms. The Morgan fingerprint density at radius 1 is 1.16 bits per heavy atom. The van der Waals surface area contributed by atoms with Crippen LogP contribution >= 0.6 is 12.4 Å². The van der Waals surface area contributed by atoms with Crippen LogP contribution in [0.5, 0.6) is 0 Å². The molecule has 1 N–H and O–H groups in total. The molecular weight excluding hydrogens is 334 g/mol. The Hall–Kier alpha value is -1.78. The van der Waals surface area contributed by atoms with Crippen molar-refractivity contribution in [2.75, 3.05) is 26.7 Å². The molecule has 0 atom stereocenters. The Labute approximate surface area is 156 Å². The van der Waals surface area contributed by atoms with Gasteiger partial charge in [-0.05, 0) is 64.4 Å². The molecule has 4 nitrogen and oxygen atoms in total. The van der Waals surface area contributed by atoms with Crippen LogP contribution in [-0.4, -0.2) is 42.1 Å². The quantitative estimate of drug-likeness (QED) is 0.903. The van der Waals surface area contributed by atoms with E-state index in [1.54, 1.807) is 0 Å². The van der Waals surface area contributed by atoms with Crippen LogP contribution in [0.3, 0.4) is 0 Å². The molecule has 25 heavy (non-hydrogen) atoms. The number of aromatic nitrogens is 1. The number of halogens is 1. The SMILES string of the molecule is CNCC1CCN(C(=O)c2cc(C)n(-c3ccccc3)c2C)CC1.Cl. The minimum absolute atomic E-state index is 0. The fraction of sp³-hybridized carbons (Fsp3) is 0.450. The number of carbonyl (C=O) groups is 1. The zero-order valence-corrected chi connectivity index (χ0v) is 16.1. The van der Waals surface area contributed by atoms with Crippen LogP contribution in [-0.2, 0) is 0 Å². The second-order valence-corrected chi connectivity index (χ2v) is 6.75. The molecule has 136 valence electrons. The first-order valence-electron chi connectivity index (χ1n) is 8.80. The Morgan fingerprint density at radius 3 is 2.40 bits per heavy atom. The summed E-state index contributed by atoms with van der Waals surface area (Å²) in [5.41, 5.74) is 4.08. The van der Waals surface area contributed by atoms with Crippen molar-refractivity contribution in [3.63, 3.8) is 0 Å².